The molecule has 0 saturated carbocycles. The van der Waals surface area contributed by atoms with Crippen molar-refractivity contribution < 1.29 is 4.74 Å². The van der Waals surface area contributed by atoms with Crippen LogP contribution in [0.4, 0.5) is 0 Å². The largest absolute Gasteiger partial charge is 0.377 e. The highest BCUT2D eigenvalue weighted by Gasteiger charge is 2.14. The molecule has 19 heavy (non-hydrogen) atoms. The van der Waals surface area contributed by atoms with Gasteiger partial charge in [-0.05, 0) is 36.4 Å². The van der Waals surface area contributed by atoms with Gasteiger partial charge < -0.3 is 14.6 Å². The summed E-state index contributed by atoms with van der Waals surface area (Å²) in [7, 11) is 0. The number of rotatable bonds is 5. The zero-order valence-corrected chi connectivity index (χ0v) is 12.5. The lowest BCUT2D eigenvalue weighted by atomic mass is 10.2. The third-order valence-corrected chi connectivity index (χ3v) is 4.15. The van der Waals surface area contributed by atoms with Crippen molar-refractivity contribution in [3.8, 4) is 0 Å². The van der Waals surface area contributed by atoms with Gasteiger partial charge >= 0.3 is 0 Å². The van der Waals surface area contributed by atoms with Gasteiger partial charge in [-0.15, -0.1) is 0 Å². The Labute approximate surface area is 122 Å². The van der Waals surface area contributed by atoms with Gasteiger partial charge in [-0.3, -0.25) is 0 Å². The topological polar surface area (TPSA) is 26.2 Å². The fraction of sp³-hybridized carbons (Fsp3) is 0.467. The number of hydrogen-bond donors (Lipinski definition) is 1. The fourth-order valence-electron chi connectivity index (χ4n) is 2.62. The Morgan fingerprint density at radius 3 is 3.16 bits per heavy atom. The van der Waals surface area contributed by atoms with Crippen LogP contribution in [0.2, 0.25) is 0 Å². The van der Waals surface area contributed by atoms with E-state index >= 15 is 0 Å². The number of ether oxygens (including phenoxy) is 1. The summed E-state index contributed by atoms with van der Waals surface area (Å²) in [5.41, 5.74) is 1.29. The molecule has 1 aromatic heterocycles. The summed E-state index contributed by atoms with van der Waals surface area (Å²) in [5.74, 6) is 0. The van der Waals surface area contributed by atoms with Crippen molar-refractivity contribution in [1.29, 1.82) is 0 Å². The van der Waals surface area contributed by atoms with Crippen molar-refractivity contribution in [3.05, 3.63) is 34.9 Å². The highest BCUT2D eigenvalue weighted by Crippen LogP contribution is 2.20. The molecule has 0 aliphatic carbocycles. The molecular formula is C15H19BrN2O. The Morgan fingerprint density at radius 1 is 1.37 bits per heavy atom. The van der Waals surface area contributed by atoms with E-state index in [2.05, 4.69) is 56.3 Å². The van der Waals surface area contributed by atoms with Crippen LogP contribution >= 0.6 is 15.9 Å². The molecule has 1 aromatic carbocycles. The summed E-state index contributed by atoms with van der Waals surface area (Å²) in [4.78, 5) is 0. The molecule has 1 saturated heterocycles. The summed E-state index contributed by atoms with van der Waals surface area (Å²) in [6.45, 7) is 3.88. The standard InChI is InChI=1S/C15H19BrN2O/c16-13-4-3-12-5-7-18(15(12)10-13)8-6-17-11-14-2-1-9-19-14/h3-5,7,10,14,17H,1-2,6,8-9,11H2. The first-order valence-corrected chi connectivity index (χ1v) is 7.69. The molecule has 0 radical (unpaired) electrons. The maximum atomic E-state index is 5.60. The smallest absolute Gasteiger partial charge is 0.0700 e. The minimum Gasteiger partial charge on any atom is -0.377 e. The van der Waals surface area contributed by atoms with Crippen LogP contribution in [-0.4, -0.2) is 30.4 Å². The van der Waals surface area contributed by atoms with Gasteiger partial charge in [-0.2, -0.15) is 0 Å². The van der Waals surface area contributed by atoms with E-state index in [9.17, 15) is 0 Å². The molecule has 3 rings (SSSR count). The molecule has 102 valence electrons. The normalized spacial score (nSPS) is 19.3. The van der Waals surface area contributed by atoms with Crippen LogP contribution in [0.5, 0.6) is 0 Å². The van der Waals surface area contributed by atoms with Crippen molar-refractivity contribution in [2.24, 2.45) is 0 Å². The Hall–Kier alpha value is -0.840. The van der Waals surface area contributed by atoms with Crippen LogP contribution in [-0.2, 0) is 11.3 Å². The lowest BCUT2D eigenvalue weighted by Crippen LogP contribution is -2.28. The maximum absolute atomic E-state index is 5.60. The average Bonchev–Trinajstić information content (AvgIpc) is 3.04. The molecule has 1 fully saturated rings. The molecule has 4 heteroatoms. The van der Waals surface area contributed by atoms with E-state index in [4.69, 9.17) is 4.74 Å². The predicted molar refractivity (Wildman–Crippen MR) is 81.5 cm³/mol. The Balaban J connectivity index is 1.54. The molecule has 1 aliphatic heterocycles. The van der Waals surface area contributed by atoms with E-state index < -0.39 is 0 Å². The van der Waals surface area contributed by atoms with Gasteiger partial charge in [0.25, 0.3) is 0 Å². The number of nitrogens with one attached hydrogen (secondary N) is 1. The van der Waals surface area contributed by atoms with E-state index in [1.165, 1.54) is 23.7 Å². The zero-order chi connectivity index (χ0) is 13.1. The van der Waals surface area contributed by atoms with Crippen LogP contribution < -0.4 is 5.32 Å². The van der Waals surface area contributed by atoms with Gasteiger partial charge in [0.1, 0.15) is 0 Å². The highest BCUT2D eigenvalue weighted by atomic mass is 79.9. The molecular weight excluding hydrogens is 304 g/mol. The molecule has 1 aliphatic rings. The molecule has 0 amide bonds. The SMILES string of the molecule is Brc1ccc2ccn(CCNCC3CCCO3)c2c1. The molecule has 1 unspecified atom stereocenters. The van der Waals surface area contributed by atoms with E-state index in [1.54, 1.807) is 0 Å². The molecule has 0 spiro atoms. The van der Waals surface area contributed by atoms with Crippen molar-refractivity contribution >= 4 is 26.8 Å². The fourth-order valence-corrected chi connectivity index (χ4v) is 2.97. The molecule has 1 N–H and O–H groups in total. The second-order valence-corrected chi connectivity index (χ2v) is 5.97. The van der Waals surface area contributed by atoms with Gasteiger partial charge in [-0.25, -0.2) is 0 Å². The van der Waals surface area contributed by atoms with Crippen LogP contribution in [0.25, 0.3) is 10.9 Å². The van der Waals surface area contributed by atoms with Gasteiger partial charge in [0.05, 0.1) is 6.10 Å². The van der Waals surface area contributed by atoms with Crippen molar-refractivity contribution in [2.45, 2.75) is 25.5 Å². The Morgan fingerprint density at radius 2 is 2.32 bits per heavy atom. The van der Waals surface area contributed by atoms with Gasteiger partial charge in [0.2, 0.25) is 0 Å². The quantitative estimate of drug-likeness (QED) is 0.856. The van der Waals surface area contributed by atoms with Crippen molar-refractivity contribution in [2.75, 3.05) is 19.7 Å². The predicted octanol–water partition coefficient (Wildman–Crippen LogP) is 3.17. The number of halogens is 1. The molecule has 0 bridgehead atoms. The van der Waals surface area contributed by atoms with E-state index in [0.29, 0.717) is 6.10 Å². The average molecular weight is 323 g/mol. The first kappa shape index (κ1) is 13.2. The molecule has 2 heterocycles. The van der Waals surface area contributed by atoms with Crippen molar-refractivity contribution in [3.63, 3.8) is 0 Å². The third kappa shape index (κ3) is 3.19. The van der Waals surface area contributed by atoms with Crippen molar-refractivity contribution in [1.82, 2.24) is 9.88 Å². The lowest BCUT2D eigenvalue weighted by molar-refractivity contribution is 0.110. The van der Waals surface area contributed by atoms with E-state index in [-0.39, 0.29) is 0 Å². The maximum Gasteiger partial charge on any atom is 0.0700 e. The second-order valence-electron chi connectivity index (χ2n) is 5.05. The summed E-state index contributed by atoms with van der Waals surface area (Å²) < 4.78 is 9.03. The highest BCUT2D eigenvalue weighted by molar-refractivity contribution is 9.10. The third-order valence-electron chi connectivity index (χ3n) is 3.66. The monoisotopic (exact) mass is 322 g/mol. The number of fused-ring (bicyclic) bond motifs is 1. The molecule has 1 atom stereocenters. The van der Waals surface area contributed by atoms with Gasteiger partial charge in [0.15, 0.2) is 0 Å². The lowest BCUT2D eigenvalue weighted by Gasteiger charge is -2.11. The molecule has 3 nitrogen and oxygen atoms in total. The first-order valence-electron chi connectivity index (χ1n) is 6.90. The summed E-state index contributed by atoms with van der Waals surface area (Å²) in [6.07, 6.45) is 5.00. The number of aromatic nitrogens is 1. The van der Waals surface area contributed by atoms with Crippen LogP contribution in [0.3, 0.4) is 0 Å². The van der Waals surface area contributed by atoms with E-state index in [0.717, 1.165) is 30.7 Å². The molecule has 2 aromatic rings. The van der Waals surface area contributed by atoms with Crippen LogP contribution in [0.15, 0.2) is 34.9 Å². The Kier molecular flexibility index (Phi) is 4.21. The van der Waals surface area contributed by atoms with Crippen LogP contribution in [0.1, 0.15) is 12.8 Å². The minimum atomic E-state index is 0.426. The second kappa shape index (κ2) is 6.07. The number of hydrogen-bond acceptors (Lipinski definition) is 2. The zero-order valence-electron chi connectivity index (χ0n) is 10.9. The number of benzene rings is 1. The van der Waals surface area contributed by atoms with Gasteiger partial charge in [0, 0.05) is 42.4 Å². The minimum absolute atomic E-state index is 0.426. The summed E-state index contributed by atoms with van der Waals surface area (Å²) in [5, 5.41) is 4.78. The summed E-state index contributed by atoms with van der Waals surface area (Å²) >= 11 is 3.53. The van der Waals surface area contributed by atoms with Gasteiger partial charge in [-0.1, -0.05) is 22.0 Å². The first-order chi connectivity index (χ1) is 9.33. The number of nitrogens with zero attached hydrogens (tertiary/aromatic N) is 1. The summed E-state index contributed by atoms with van der Waals surface area (Å²) in [6, 6.07) is 8.58. The van der Waals surface area contributed by atoms with Crippen LogP contribution in [0, 0.1) is 0 Å². The van der Waals surface area contributed by atoms with E-state index in [1.807, 2.05) is 0 Å². The Bertz CT molecular complexity index is 546.